The third-order valence-corrected chi connectivity index (χ3v) is 6.02. The lowest BCUT2D eigenvalue weighted by Crippen LogP contribution is -2.31. The molecule has 0 spiro atoms. The Hall–Kier alpha value is -2.99. The number of carbonyl (C=O) groups is 2. The molecule has 2 amide bonds. The molecule has 0 atom stereocenters. The minimum Gasteiger partial charge on any atom is -0.356 e. The average Bonchev–Trinajstić information content (AvgIpc) is 3.24. The van der Waals surface area contributed by atoms with E-state index in [4.69, 9.17) is 0 Å². The van der Waals surface area contributed by atoms with Crippen LogP contribution in [0, 0.1) is 0 Å². The third kappa shape index (κ3) is 7.98. The number of nitrogens with one attached hydrogen (secondary N) is 1. The van der Waals surface area contributed by atoms with Gasteiger partial charge in [-0.25, -0.2) is 4.98 Å². The molecule has 3 rings (SSSR count). The van der Waals surface area contributed by atoms with Crippen molar-refractivity contribution < 1.29 is 9.59 Å². The van der Waals surface area contributed by atoms with Crippen LogP contribution in [0.2, 0.25) is 0 Å². The minimum atomic E-state index is -0.0918. The van der Waals surface area contributed by atoms with E-state index >= 15 is 0 Å². The molecule has 6 heteroatoms. The first-order chi connectivity index (χ1) is 15.1. The molecule has 0 saturated heterocycles. The molecule has 0 unspecified atom stereocenters. The van der Waals surface area contributed by atoms with Gasteiger partial charge in [0, 0.05) is 51.2 Å². The molecule has 0 saturated carbocycles. The van der Waals surface area contributed by atoms with Gasteiger partial charge in [0.2, 0.25) is 11.8 Å². The smallest absolute Gasteiger partial charge is 0.222 e. The quantitative estimate of drug-likeness (QED) is 0.497. The van der Waals surface area contributed by atoms with Crippen molar-refractivity contribution in [3.63, 3.8) is 0 Å². The highest BCUT2D eigenvalue weighted by Gasteiger charge is 2.12. The van der Waals surface area contributed by atoms with Gasteiger partial charge in [0.25, 0.3) is 0 Å². The van der Waals surface area contributed by atoms with E-state index in [1.54, 1.807) is 23.3 Å². The van der Waals surface area contributed by atoms with Crippen LogP contribution in [0.4, 0.5) is 0 Å². The Balaban J connectivity index is 1.31. The largest absolute Gasteiger partial charge is 0.356 e. The van der Waals surface area contributed by atoms with Crippen molar-refractivity contribution in [3.05, 3.63) is 87.9 Å². The number of hydrogen-bond donors (Lipinski definition) is 1. The molecule has 0 bridgehead atoms. The van der Waals surface area contributed by atoms with Crippen molar-refractivity contribution >= 4 is 23.2 Å². The average molecular weight is 436 g/mol. The van der Waals surface area contributed by atoms with E-state index in [0.29, 0.717) is 19.5 Å². The Bertz CT molecular complexity index is 957. The van der Waals surface area contributed by atoms with Crippen LogP contribution in [0.15, 0.2) is 66.0 Å². The van der Waals surface area contributed by atoms with E-state index in [1.807, 2.05) is 36.4 Å². The van der Waals surface area contributed by atoms with Crippen LogP contribution in [0.1, 0.15) is 34.7 Å². The normalized spacial score (nSPS) is 10.6. The summed E-state index contributed by atoms with van der Waals surface area (Å²) in [6.45, 7) is 1.19. The topological polar surface area (TPSA) is 62.3 Å². The van der Waals surface area contributed by atoms with E-state index < -0.39 is 0 Å². The van der Waals surface area contributed by atoms with Crippen molar-refractivity contribution in [2.45, 2.75) is 32.1 Å². The molecule has 31 heavy (non-hydrogen) atoms. The van der Waals surface area contributed by atoms with E-state index in [0.717, 1.165) is 23.5 Å². The number of benzene rings is 2. The fraction of sp³-hybridized carbons (Fsp3) is 0.320. The third-order valence-electron chi connectivity index (χ3n) is 5.06. The molecule has 1 heterocycles. The van der Waals surface area contributed by atoms with Gasteiger partial charge in [0.1, 0.15) is 0 Å². The Labute approximate surface area is 188 Å². The standard InChI is InChI=1S/C25H29N3O2S/c1-28(17-15-20-8-4-2-5-9-20)25(30)13-12-23(29)26-16-14-24-27-22(19-31-24)18-21-10-6-3-7-11-21/h2-11,19H,12-18H2,1H3,(H,26,29). The number of nitrogens with zero attached hydrogens (tertiary/aromatic N) is 2. The van der Waals surface area contributed by atoms with Crippen LogP contribution in [-0.4, -0.2) is 41.8 Å². The lowest BCUT2D eigenvalue weighted by Gasteiger charge is -2.17. The summed E-state index contributed by atoms with van der Waals surface area (Å²) in [6.07, 6.45) is 2.79. The highest BCUT2D eigenvalue weighted by molar-refractivity contribution is 7.09. The van der Waals surface area contributed by atoms with Gasteiger partial charge < -0.3 is 10.2 Å². The molecule has 0 fully saturated rings. The SMILES string of the molecule is CN(CCc1ccccc1)C(=O)CCC(=O)NCCc1nc(Cc2ccccc2)cs1. The molecule has 0 aliphatic carbocycles. The maximum absolute atomic E-state index is 12.3. The van der Waals surface area contributed by atoms with E-state index in [1.165, 1.54) is 11.1 Å². The molecule has 5 nitrogen and oxygen atoms in total. The molecular formula is C25H29N3O2S. The van der Waals surface area contributed by atoms with Crippen molar-refractivity contribution in [1.82, 2.24) is 15.2 Å². The zero-order valence-electron chi connectivity index (χ0n) is 17.9. The second-order valence-electron chi connectivity index (χ2n) is 7.55. The first-order valence-electron chi connectivity index (χ1n) is 10.6. The number of carbonyl (C=O) groups excluding carboxylic acids is 2. The van der Waals surface area contributed by atoms with Gasteiger partial charge >= 0.3 is 0 Å². The summed E-state index contributed by atoms with van der Waals surface area (Å²) in [6, 6.07) is 20.4. The molecule has 1 aromatic heterocycles. The zero-order valence-corrected chi connectivity index (χ0v) is 18.7. The highest BCUT2D eigenvalue weighted by Crippen LogP contribution is 2.14. The molecule has 162 valence electrons. The Morgan fingerprint density at radius 2 is 1.61 bits per heavy atom. The molecule has 2 aromatic carbocycles. The van der Waals surface area contributed by atoms with Gasteiger partial charge in [-0.3, -0.25) is 9.59 Å². The molecular weight excluding hydrogens is 406 g/mol. The molecule has 0 radical (unpaired) electrons. The van der Waals surface area contributed by atoms with Crippen LogP contribution in [-0.2, 0) is 28.9 Å². The van der Waals surface area contributed by atoms with Crippen LogP contribution < -0.4 is 5.32 Å². The van der Waals surface area contributed by atoms with Crippen LogP contribution in [0.3, 0.4) is 0 Å². The maximum Gasteiger partial charge on any atom is 0.222 e. The van der Waals surface area contributed by atoms with Crippen molar-refractivity contribution in [3.8, 4) is 0 Å². The maximum atomic E-state index is 12.3. The van der Waals surface area contributed by atoms with Gasteiger partial charge in [0.15, 0.2) is 0 Å². The summed E-state index contributed by atoms with van der Waals surface area (Å²) in [7, 11) is 1.79. The summed E-state index contributed by atoms with van der Waals surface area (Å²) in [5.41, 5.74) is 3.50. The van der Waals surface area contributed by atoms with Crippen LogP contribution >= 0.6 is 11.3 Å². The van der Waals surface area contributed by atoms with Crippen LogP contribution in [0.5, 0.6) is 0 Å². The molecule has 3 aromatic rings. The minimum absolute atomic E-state index is 0.00319. The Kier molecular flexibility index (Phi) is 8.79. The first kappa shape index (κ1) is 22.7. The second-order valence-corrected chi connectivity index (χ2v) is 8.49. The van der Waals surface area contributed by atoms with Gasteiger partial charge in [-0.05, 0) is 17.5 Å². The predicted molar refractivity (Wildman–Crippen MR) is 125 cm³/mol. The molecule has 0 aliphatic rings. The summed E-state index contributed by atoms with van der Waals surface area (Å²) >= 11 is 1.62. The number of hydrogen-bond acceptors (Lipinski definition) is 4. The zero-order chi connectivity index (χ0) is 21.9. The fourth-order valence-corrected chi connectivity index (χ4v) is 4.02. The van der Waals surface area contributed by atoms with Gasteiger partial charge in [-0.1, -0.05) is 60.7 Å². The van der Waals surface area contributed by atoms with Gasteiger partial charge in [-0.2, -0.15) is 0 Å². The lowest BCUT2D eigenvalue weighted by atomic mass is 10.1. The van der Waals surface area contributed by atoms with E-state index in [-0.39, 0.29) is 24.7 Å². The molecule has 1 N–H and O–H groups in total. The summed E-state index contributed by atoms with van der Waals surface area (Å²) in [5, 5.41) is 5.99. The van der Waals surface area contributed by atoms with Crippen molar-refractivity contribution in [2.75, 3.05) is 20.1 Å². The second kappa shape index (κ2) is 12.0. The lowest BCUT2D eigenvalue weighted by molar-refractivity contribution is -0.132. The van der Waals surface area contributed by atoms with Crippen molar-refractivity contribution in [2.24, 2.45) is 0 Å². The van der Waals surface area contributed by atoms with E-state index in [9.17, 15) is 9.59 Å². The van der Waals surface area contributed by atoms with E-state index in [2.05, 4.69) is 39.9 Å². The summed E-state index contributed by atoms with van der Waals surface area (Å²) < 4.78 is 0. The summed E-state index contributed by atoms with van der Waals surface area (Å²) in [4.78, 5) is 30.7. The number of aromatic nitrogens is 1. The fourth-order valence-electron chi connectivity index (χ4n) is 3.22. The van der Waals surface area contributed by atoms with Crippen molar-refractivity contribution in [1.29, 1.82) is 0 Å². The predicted octanol–water partition coefficient (Wildman–Crippen LogP) is 3.87. The Morgan fingerprint density at radius 1 is 0.935 bits per heavy atom. The van der Waals surface area contributed by atoms with Crippen LogP contribution in [0.25, 0.3) is 0 Å². The highest BCUT2D eigenvalue weighted by atomic mass is 32.1. The molecule has 0 aliphatic heterocycles. The number of rotatable bonds is 11. The summed E-state index contributed by atoms with van der Waals surface area (Å²) in [5.74, 6) is -0.0950. The van der Waals surface area contributed by atoms with Gasteiger partial charge in [0.05, 0.1) is 10.7 Å². The number of amides is 2. The first-order valence-corrected chi connectivity index (χ1v) is 11.5. The number of likely N-dealkylation sites (N-methyl/N-ethyl adjacent to an activating group) is 1. The van der Waals surface area contributed by atoms with Gasteiger partial charge in [-0.15, -0.1) is 11.3 Å². The monoisotopic (exact) mass is 435 g/mol. The number of thiazole rings is 1. The Morgan fingerprint density at radius 3 is 2.32 bits per heavy atom.